The molecular weight excluding hydrogens is 221 g/mol. The van der Waals surface area contributed by atoms with Crippen LogP contribution in [-0.2, 0) is 10.9 Å². The molecule has 0 bridgehead atoms. The molecular formula is C11H9F3O2. The summed E-state index contributed by atoms with van der Waals surface area (Å²) in [4.78, 5) is 11.4. The molecule has 1 aromatic carbocycles. The van der Waals surface area contributed by atoms with E-state index in [0.717, 1.165) is 12.1 Å². The maximum absolute atomic E-state index is 12.5. The van der Waals surface area contributed by atoms with E-state index in [1.54, 1.807) is 6.92 Å². The van der Waals surface area contributed by atoms with Crippen LogP contribution in [0.2, 0.25) is 0 Å². The van der Waals surface area contributed by atoms with Crippen molar-refractivity contribution in [3.05, 3.63) is 34.9 Å². The fraction of sp³-hybridized carbons (Fsp3) is 0.364. The molecule has 0 saturated heterocycles. The Morgan fingerprint density at radius 3 is 2.69 bits per heavy atom. The van der Waals surface area contributed by atoms with Crippen LogP contribution in [0.5, 0.6) is 0 Å². The van der Waals surface area contributed by atoms with Gasteiger partial charge in [-0.15, -0.1) is 0 Å². The summed E-state index contributed by atoms with van der Waals surface area (Å²) < 4.78 is 42.4. The molecule has 0 aromatic heterocycles. The average molecular weight is 230 g/mol. The van der Waals surface area contributed by atoms with E-state index >= 15 is 0 Å². The van der Waals surface area contributed by atoms with Crippen molar-refractivity contribution in [3.63, 3.8) is 0 Å². The molecule has 0 unspecified atom stereocenters. The van der Waals surface area contributed by atoms with Crippen LogP contribution in [0, 0.1) is 0 Å². The molecule has 1 aromatic rings. The highest BCUT2D eigenvalue weighted by Crippen LogP contribution is 2.34. The number of carbonyl (C=O) groups is 1. The normalized spacial score (nSPS) is 20.8. The second kappa shape index (κ2) is 3.59. The first-order valence-corrected chi connectivity index (χ1v) is 4.75. The third-order valence-electron chi connectivity index (χ3n) is 2.58. The lowest BCUT2D eigenvalue weighted by molar-refractivity contribution is -0.137. The van der Waals surface area contributed by atoms with Crippen molar-refractivity contribution in [2.24, 2.45) is 0 Å². The molecule has 0 radical (unpaired) electrons. The van der Waals surface area contributed by atoms with Gasteiger partial charge in [0, 0.05) is 5.56 Å². The summed E-state index contributed by atoms with van der Waals surface area (Å²) in [7, 11) is 0. The van der Waals surface area contributed by atoms with Crippen LogP contribution in [0.4, 0.5) is 13.2 Å². The van der Waals surface area contributed by atoms with E-state index in [0.29, 0.717) is 11.1 Å². The number of hydrogen-bond donors (Lipinski definition) is 0. The zero-order valence-corrected chi connectivity index (χ0v) is 8.47. The molecule has 1 aliphatic rings. The second-order valence-corrected chi connectivity index (χ2v) is 3.68. The van der Waals surface area contributed by atoms with Crippen molar-refractivity contribution in [1.29, 1.82) is 0 Å². The summed E-state index contributed by atoms with van der Waals surface area (Å²) in [5, 5.41) is 0. The Morgan fingerprint density at radius 2 is 2.06 bits per heavy atom. The highest BCUT2D eigenvalue weighted by atomic mass is 19.4. The lowest BCUT2D eigenvalue weighted by atomic mass is 9.95. The van der Waals surface area contributed by atoms with E-state index in [2.05, 4.69) is 0 Å². The monoisotopic (exact) mass is 230 g/mol. The van der Waals surface area contributed by atoms with E-state index < -0.39 is 17.8 Å². The number of ketones is 1. The Morgan fingerprint density at radius 1 is 1.38 bits per heavy atom. The predicted octanol–water partition coefficient (Wildman–Crippen LogP) is 2.98. The van der Waals surface area contributed by atoms with Gasteiger partial charge in [-0.25, -0.2) is 0 Å². The largest absolute Gasteiger partial charge is 0.416 e. The van der Waals surface area contributed by atoms with Crippen LogP contribution in [0.25, 0.3) is 0 Å². The van der Waals surface area contributed by atoms with Gasteiger partial charge in [0.05, 0.1) is 11.7 Å². The molecule has 1 heterocycles. The van der Waals surface area contributed by atoms with Crippen LogP contribution in [0.15, 0.2) is 18.2 Å². The molecule has 5 heteroatoms. The van der Waals surface area contributed by atoms with Crippen LogP contribution in [-0.4, -0.2) is 12.4 Å². The Bertz CT molecular complexity index is 437. The molecule has 16 heavy (non-hydrogen) atoms. The molecule has 0 N–H and O–H groups in total. The number of alkyl halides is 3. The van der Waals surface area contributed by atoms with E-state index in [1.165, 1.54) is 6.07 Å². The van der Waals surface area contributed by atoms with Gasteiger partial charge in [-0.2, -0.15) is 13.2 Å². The number of hydrogen-bond acceptors (Lipinski definition) is 2. The molecule has 0 fully saturated rings. The molecule has 0 aliphatic carbocycles. The third-order valence-corrected chi connectivity index (χ3v) is 2.58. The lowest BCUT2D eigenvalue weighted by Crippen LogP contribution is -2.22. The summed E-state index contributed by atoms with van der Waals surface area (Å²) in [6.07, 6.45) is -4.87. The second-order valence-electron chi connectivity index (χ2n) is 3.68. The van der Waals surface area contributed by atoms with Crippen LogP contribution in [0.3, 0.4) is 0 Å². The Kier molecular flexibility index (Phi) is 2.50. The Labute approximate surface area is 90.0 Å². The van der Waals surface area contributed by atoms with Crippen molar-refractivity contribution >= 4 is 5.78 Å². The van der Waals surface area contributed by atoms with Crippen LogP contribution < -0.4 is 0 Å². The molecule has 0 spiro atoms. The molecule has 0 amide bonds. The van der Waals surface area contributed by atoms with Gasteiger partial charge in [-0.3, -0.25) is 4.79 Å². The van der Waals surface area contributed by atoms with Gasteiger partial charge >= 0.3 is 6.18 Å². The molecule has 1 aliphatic heterocycles. The zero-order valence-electron chi connectivity index (χ0n) is 8.47. The van der Waals surface area contributed by atoms with Crippen molar-refractivity contribution < 1.29 is 22.7 Å². The van der Waals surface area contributed by atoms with Crippen LogP contribution >= 0.6 is 0 Å². The van der Waals surface area contributed by atoms with Gasteiger partial charge in [0.2, 0.25) is 0 Å². The third kappa shape index (κ3) is 1.82. The number of Topliss-reactive ketones (excluding diaryl/α,β-unsaturated/α-hetero) is 1. The minimum atomic E-state index is -4.39. The van der Waals surface area contributed by atoms with Crippen molar-refractivity contribution in [3.8, 4) is 0 Å². The molecule has 0 saturated carbocycles. The fourth-order valence-electron chi connectivity index (χ4n) is 1.70. The van der Waals surface area contributed by atoms with Gasteiger partial charge in [-0.1, -0.05) is 6.07 Å². The van der Waals surface area contributed by atoms with Crippen molar-refractivity contribution in [2.45, 2.75) is 19.2 Å². The zero-order chi connectivity index (χ0) is 11.9. The van der Waals surface area contributed by atoms with Gasteiger partial charge < -0.3 is 4.74 Å². The summed E-state index contributed by atoms with van der Waals surface area (Å²) in [5.41, 5.74) is -0.116. The quantitative estimate of drug-likeness (QED) is 0.684. The van der Waals surface area contributed by atoms with Crippen molar-refractivity contribution in [1.82, 2.24) is 0 Å². The van der Waals surface area contributed by atoms with E-state index in [9.17, 15) is 18.0 Å². The first-order chi connectivity index (χ1) is 7.39. The molecule has 2 rings (SSSR count). The maximum atomic E-state index is 12.5. The van der Waals surface area contributed by atoms with E-state index in [-0.39, 0.29) is 12.4 Å². The summed E-state index contributed by atoms with van der Waals surface area (Å²) in [5.74, 6) is -0.276. The van der Waals surface area contributed by atoms with Crippen molar-refractivity contribution in [2.75, 3.05) is 6.61 Å². The average Bonchev–Trinajstić information content (AvgIpc) is 2.22. The minimum absolute atomic E-state index is 0.0699. The Hall–Kier alpha value is -1.36. The molecule has 1 atom stereocenters. The summed E-state index contributed by atoms with van der Waals surface area (Å²) in [6.45, 7) is 1.56. The standard InChI is InChI=1S/C11H9F3O2/c1-6-9-4-7(11(12,13)14)2-3-8(9)10(15)5-16-6/h2-4,6H,5H2,1H3/t6-/m1/s1. The first kappa shape index (κ1) is 11.1. The van der Waals surface area contributed by atoms with Gasteiger partial charge in [0.15, 0.2) is 5.78 Å². The topological polar surface area (TPSA) is 26.3 Å². The maximum Gasteiger partial charge on any atom is 0.416 e. The smallest absolute Gasteiger partial charge is 0.366 e. The Balaban J connectivity index is 2.52. The number of benzene rings is 1. The SMILES string of the molecule is C[C@H]1OCC(=O)c2ccc(C(F)(F)F)cc21. The van der Waals surface area contributed by atoms with E-state index in [1.807, 2.05) is 0 Å². The number of ether oxygens (including phenoxy) is 1. The van der Waals surface area contributed by atoms with Gasteiger partial charge in [0.1, 0.15) is 6.61 Å². The fourth-order valence-corrected chi connectivity index (χ4v) is 1.70. The lowest BCUT2D eigenvalue weighted by Gasteiger charge is -2.23. The number of halogens is 3. The highest BCUT2D eigenvalue weighted by Gasteiger charge is 2.33. The van der Waals surface area contributed by atoms with Gasteiger partial charge in [0.25, 0.3) is 0 Å². The summed E-state index contributed by atoms with van der Waals surface area (Å²) >= 11 is 0. The number of rotatable bonds is 0. The number of carbonyl (C=O) groups excluding carboxylic acids is 1. The first-order valence-electron chi connectivity index (χ1n) is 4.75. The molecule has 2 nitrogen and oxygen atoms in total. The van der Waals surface area contributed by atoms with Gasteiger partial charge in [-0.05, 0) is 24.6 Å². The van der Waals surface area contributed by atoms with E-state index in [4.69, 9.17) is 4.74 Å². The van der Waals surface area contributed by atoms with Crippen LogP contribution in [0.1, 0.15) is 34.5 Å². The minimum Gasteiger partial charge on any atom is -0.366 e. The predicted molar refractivity (Wildman–Crippen MR) is 50.1 cm³/mol. The summed E-state index contributed by atoms with van der Waals surface area (Å²) in [6, 6.07) is 3.13. The molecule has 86 valence electrons. The highest BCUT2D eigenvalue weighted by molar-refractivity contribution is 5.99. The number of fused-ring (bicyclic) bond motifs is 1.